The third-order valence-corrected chi connectivity index (χ3v) is 7.58. The van der Waals surface area contributed by atoms with Crippen LogP contribution in [-0.2, 0) is 16.8 Å². The van der Waals surface area contributed by atoms with E-state index in [1.807, 2.05) is 60.4 Å². The highest BCUT2D eigenvalue weighted by Gasteiger charge is 2.55. The number of halogens is 1. The number of fused-ring (bicyclic) bond motifs is 2. The summed E-state index contributed by atoms with van der Waals surface area (Å²) in [5.74, 6) is 1.01. The predicted molar refractivity (Wildman–Crippen MR) is 142 cm³/mol. The number of nitrogen functional groups attached to an aromatic ring is 1. The smallest absolute Gasteiger partial charge is 0.238 e. The summed E-state index contributed by atoms with van der Waals surface area (Å²) in [7, 11) is 1.66. The molecule has 0 bridgehead atoms. The van der Waals surface area contributed by atoms with Gasteiger partial charge < -0.3 is 20.7 Å². The molecule has 34 heavy (non-hydrogen) atoms. The van der Waals surface area contributed by atoms with Crippen LogP contribution in [0.4, 0.5) is 17.1 Å². The number of anilines is 3. The van der Waals surface area contributed by atoms with Crippen molar-refractivity contribution in [2.45, 2.75) is 38.1 Å². The third kappa shape index (κ3) is 3.76. The maximum Gasteiger partial charge on any atom is 0.238 e. The van der Waals surface area contributed by atoms with Gasteiger partial charge >= 0.3 is 0 Å². The van der Waals surface area contributed by atoms with Crippen LogP contribution < -0.4 is 20.7 Å². The molecule has 3 N–H and O–H groups in total. The molecule has 2 aliphatic rings. The Morgan fingerprint density at radius 1 is 1.18 bits per heavy atom. The highest BCUT2D eigenvalue weighted by molar-refractivity contribution is 9.10. The van der Waals surface area contributed by atoms with E-state index < -0.39 is 5.41 Å². The van der Waals surface area contributed by atoms with Gasteiger partial charge in [-0.05, 0) is 94.9 Å². The summed E-state index contributed by atoms with van der Waals surface area (Å²) in [6.45, 7) is 2.55. The lowest BCUT2D eigenvalue weighted by Crippen LogP contribution is -2.44. The maximum absolute atomic E-state index is 13.8. The lowest BCUT2D eigenvalue weighted by Gasteiger charge is -2.37. The number of nitrogens with one attached hydrogen (secondary N) is 1. The number of allylic oxidation sites excluding steroid dienone is 1. The van der Waals surface area contributed by atoms with Crippen LogP contribution >= 0.6 is 15.9 Å². The van der Waals surface area contributed by atoms with Crippen molar-refractivity contribution in [3.63, 3.8) is 0 Å². The minimum atomic E-state index is -0.420. The average Bonchev–Trinajstić information content (AvgIpc) is 3.06. The van der Waals surface area contributed by atoms with Gasteiger partial charge in [-0.3, -0.25) is 4.79 Å². The third-order valence-electron chi connectivity index (χ3n) is 6.98. The molecule has 5 nitrogen and oxygen atoms in total. The van der Waals surface area contributed by atoms with Crippen molar-refractivity contribution in [2.75, 3.05) is 23.1 Å². The van der Waals surface area contributed by atoms with Crippen molar-refractivity contribution >= 4 is 44.6 Å². The zero-order valence-corrected chi connectivity index (χ0v) is 21.0. The zero-order valence-electron chi connectivity index (χ0n) is 19.4. The highest BCUT2D eigenvalue weighted by Crippen LogP contribution is 2.56. The minimum absolute atomic E-state index is 0.202. The summed E-state index contributed by atoms with van der Waals surface area (Å²) in [5, 5.41) is 3.49. The molecule has 0 radical (unpaired) electrons. The van der Waals surface area contributed by atoms with Crippen molar-refractivity contribution in [1.29, 1.82) is 0 Å². The van der Waals surface area contributed by atoms with E-state index in [0.717, 1.165) is 63.2 Å². The molecule has 5 rings (SSSR count). The first-order chi connectivity index (χ1) is 16.4. The Morgan fingerprint density at radius 3 is 2.56 bits per heavy atom. The molecule has 1 amide bonds. The fourth-order valence-corrected chi connectivity index (χ4v) is 5.70. The number of benzene rings is 3. The maximum atomic E-state index is 13.8. The van der Waals surface area contributed by atoms with Gasteiger partial charge in [-0.2, -0.15) is 0 Å². The van der Waals surface area contributed by atoms with E-state index in [4.69, 9.17) is 10.5 Å². The van der Waals surface area contributed by atoms with Crippen LogP contribution in [0.3, 0.4) is 0 Å². The van der Waals surface area contributed by atoms with Crippen LogP contribution in [0.1, 0.15) is 42.9 Å². The number of amides is 1. The van der Waals surface area contributed by atoms with Crippen LogP contribution in [0.2, 0.25) is 0 Å². The summed E-state index contributed by atoms with van der Waals surface area (Å²) in [6.07, 6.45) is 4.90. The number of ether oxygens (including phenoxy) is 1. The highest BCUT2D eigenvalue weighted by atomic mass is 79.9. The molecule has 0 saturated heterocycles. The van der Waals surface area contributed by atoms with E-state index in [0.29, 0.717) is 12.2 Å². The van der Waals surface area contributed by atoms with E-state index in [2.05, 4.69) is 39.5 Å². The largest absolute Gasteiger partial charge is 0.497 e. The van der Waals surface area contributed by atoms with Crippen LogP contribution in [0.15, 0.2) is 71.2 Å². The number of rotatable bonds is 6. The monoisotopic (exact) mass is 517 g/mol. The Morgan fingerprint density at radius 2 is 1.94 bits per heavy atom. The Labute approximate surface area is 208 Å². The Kier molecular flexibility index (Phi) is 5.86. The number of methoxy groups -OCH3 is 1. The normalized spacial score (nSPS) is 16.4. The first kappa shape index (κ1) is 22.5. The number of hydrogen-bond donors (Lipinski definition) is 2. The standard InChI is InChI=1S/C28H28BrN3O2/c1-3-25(31-21-7-4-6-20(30)16-21)19-14-23-26(24(29)15-19)32(27(33)28(23)12-5-13-28)17-18-8-10-22(34-2)11-9-18/h3-4,6-11,14-16,31H,5,12-13,17,30H2,1-2H3/b25-3-. The molecule has 1 fully saturated rings. The summed E-state index contributed by atoms with van der Waals surface area (Å²) in [5.41, 5.74) is 12.4. The second-order valence-corrected chi connectivity index (χ2v) is 9.84. The van der Waals surface area contributed by atoms with Gasteiger partial charge in [0.2, 0.25) is 5.91 Å². The fourth-order valence-electron chi connectivity index (χ4n) is 5.03. The van der Waals surface area contributed by atoms with Gasteiger partial charge in [-0.15, -0.1) is 0 Å². The number of nitrogens with zero attached hydrogens (tertiary/aromatic N) is 1. The summed E-state index contributed by atoms with van der Waals surface area (Å²) >= 11 is 3.81. The van der Waals surface area contributed by atoms with Gasteiger partial charge in [-0.25, -0.2) is 0 Å². The molecule has 1 aliphatic carbocycles. The van der Waals surface area contributed by atoms with Crippen LogP contribution in [-0.4, -0.2) is 13.0 Å². The number of nitrogens with two attached hydrogens (primary N) is 1. The number of carbonyl (C=O) groups excluding carboxylic acids is 1. The van der Waals surface area contributed by atoms with E-state index in [1.165, 1.54) is 0 Å². The zero-order chi connectivity index (χ0) is 23.9. The summed E-state index contributed by atoms with van der Waals surface area (Å²) in [6, 6.07) is 19.9. The van der Waals surface area contributed by atoms with Crippen molar-refractivity contribution in [3.8, 4) is 5.75 Å². The van der Waals surface area contributed by atoms with Crippen LogP contribution in [0.5, 0.6) is 5.75 Å². The fraction of sp³-hybridized carbons (Fsp3) is 0.250. The first-order valence-corrected chi connectivity index (χ1v) is 12.3. The van der Waals surface area contributed by atoms with Crippen molar-refractivity contribution < 1.29 is 9.53 Å². The molecule has 1 saturated carbocycles. The van der Waals surface area contributed by atoms with E-state index >= 15 is 0 Å². The number of hydrogen-bond acceptors (Lipinski definition) is 4. The molecule has 0 aromatic heterocycles. The molecule has 174 valence electrons. The van der Waals surface area contributed by atoms with Gasteiger partial charge in [0.1, 0.15) is 5.75 Å². The van der Waals surface area contributed by atoms with E-state index in [-0.39, 0.29) is 5.91 Å². The molecule has 0 unspecified atom stereocenters. The second-order valence-electron chi connectivity index (χ2n) is 8.98. The minimum Gasteiger partial charge on any atom is -0.497 e. The predicted octanol–water partition coefficient (Wildman–Crippen LogP) is 6.48. The van der Waals surface area contributed by atoms with E-state index in [9.17, 15) is 4.79 Å². The lowest BCUT2D eigenvalue weighted by molar-refractivity contribution is -0.126. The van der Waals surface area contributed by atoms with Gasteiger partial charge in [0.25, 0.3) is 0 Å². The summed E-state index contributed by atoms with van der Waals surface area (Å²) in [4.78, 5) is 15.7. The molecule has 1 aliphatic heterocycles. The van der Waals surface area contributed by atoms with E-state index in [1.54, 1.807) is 7.11 Å². The Bertz CT molecular complexity index is 1280. The SMILES string of the molecule is C/C=C(\Nc1cccc(N)c1)c1cc(Br)c2c(c1)C1(CCC1)C(=O)N2Cc1ccc(OC)cc1. The van der Waals surface area contributed by atoms with Crippen molar-refractivity contribution in [1.82, 2.24) is 0 Å². The Hall–Kier alpha value is -3.25. The van der Waals surface area contributed by atoms with Gasteiger partial charge in [0, 0.05) is 21.5 Å². The lowest BCUT2D eigenvalue weighted by atomic mass is 9.65. The molecule has 3 aromatic rings. The second kappa shape index (κ2) is 8.84. The quantitative estimate of drug-likeness (QED) is 0.367. The van der Waals surface area contributed by atoms with Crippen LogP contribution in [0, 0.1) is 0 Å². The first-order valence-electron chi connectivity index (χ1n) is 11.5. The van der Waals surface area contributed by atoms with Gasteiger partial charge in [0.15, 0.2) is 0 Å². The molecule has 1 heterocycles. The molecular formula is C28H28BrN3O2. The van der Waals surface area contributed by atoms with Crippen molar-refractivity contribution in [3.05, 3.63) is 87.9 Å². The topological polar surface area (TPSA) is 67.6 Å². The molecular weight excluding hydrogens is 490 g/mol. The molecule has 0 atom stereocenters. The van der Waals surface area contributed by atoms with Gasteiger partial charge in [-0.1, -0.05) is 30.7 Å². The number of carbonyl (C=O) groups is 1. The molecule has 6 heteroatoms. The van der Waals surface area contributed by atoms with Gasteiger partial charge in [0.05, 0.1) is 24.8 Å². The van der Waals surface area contributed by atoms with Crippen LogP contribution in [0.25, 0.3) is 5.70 Å². The Balaban J connectivity index is 1.52. The van der Waals surface area contributed by atoms with Crippen molar-refractivity contribution in [2.24, 2.45) is 0 Å². The molecule has 3 aromatic carbocycles. The average molecular weight is 518 g/mol. The summed E-state index contributed by atoms with van der Waals surface area (Å²) < 4.78 is 6.21. The molecule has 1 spiro atoms.